The van der Waals surface area contributed by atoms with Crippen molar-refractivity contribution in [3.63, 3.8) is 0 Å². The Labute approximate surface area is 124 Å². The van der Waals surface area contributed by atoms with Crippen molar-refractivity contribution in [2.24, 2.45) is 0 Å². The lowest BCUT2D eigenvalue weighted by molar-refractivity contribution is -0.0178. The van der Waals surface area contributed by atoms with Crippen molar-refractivity contribution in [1.82, 2.24) is 15.5 Å². The standard InChI is InChI=1S/C14H23N3O2S/c1-3-15-11-9-20-8-10(11)12-16-13(17-19-12)14(18-2)6-4-5-7-14/h10-11,15H,3-9H2,1-2H3. The summed E-state index contributed by atoms with van der Waals surface area (Å²) in [5, 5.41) is 7.75. The Hall–Kier alpha value is -0.590. The minimum absolute atomic E-state index is 0.304. The Morgan fingerprint density at radius 2 is 2.20 bits per heavy atom. The number of nitrogens with zero attached hydrogens (tertiary/aromatic N) is 2. The van der Waals surface area contributed by atoms with Gasteiger partial charge >= 0.3 is 0 Å². The first-order valence-corrected chi connectivity index (χ1v) is 8.65. The van der Waals surface area contributed by atoms with E-state index in [-0.39, 0.29) is 5.60 Å². The number of rotatable bonds is 5. The van der Waals surface area contributed by atoms with E-state index in [1.165, 1.54) is 12.8 Å². The molecule has 1 aliphatic carbocycles. The van der Waals surface area contributed by atoms with Gasteiger partial charge in [0.2, 0.25) is 11.7 Å². The van der Waals surface area contributed by atoms with Gasteiger partial charge in [-0.3, -0.25) is 0 Å². The van der Waals surface area contributed by atoms with Crippen LogP contribution in [-0.2, 0) is 10.3 Å². The van der Waals surface area contributed by atoms with Gasteiger partial charge in [0.1, 0.15) is 5.60 Å². The van der Waals surface area contributed by atoms with Gasteiger partial charge in [0.25, 0.3) is 0 Å². The normalized spacial score (nSPS) is 29.1. The van der Waals surface area contributed by atoms with Crippen molar-refractivity contribution in [2.45, 2.75) is 50.2 Å². The summed E-state index contributed by atoms with van der Waals surface area (Å²) in [6.07, 6.45) is 4.35. The van der Waals surface area contributed by atoms with Crippen molar-refractivity contribution < 1.29 is 9.26 Å². The van der Waals surface area contributed by atoms with Crippen molar-refractivity contribution >= 4 is 11.8 Å². The zero-order valence-corrected chi connectivity index (χ0v) is 13.0. The van der Waals surface area contributed by atoms with Gasteiger partial charge < -0.3 is 14.6 Å². The summed E-state index contributed by atoms with van der Waals surface area (Å²) in [4.78, 5) is 4.69. The maximum absolute atomic E-state index is 5.73. The highest BCUT2D eigenvalue weighted by Crippen LogP contribution is 2.41. The molecule has 3 rings (SSSR count). The fraction of sp³-hybridized carbons (Fsp3) is 0.857. The van der Waals surface area contributed by atoms with E-state index in [4.69, 9.17) is 14.2 Å². The van der Waals surface area contributed by atoms with Gasteiger partial charge in [-0.1, -0.05) is 12.1 Å². The lowest BCUT2D eigenvalue weighted by Gasteiger charge is -2.22. The minimum atomic E-state index is -0.304. The highest BCUT2D eigenvalue weighted by atomic mass is 32.2. The van der Waals surface area contributed by atoms with Gasteiger partial charge in [0, 0.05) is 24.7 Å². The first-order valence-electron chi connectivity index (χ1n) is 7.49. The monoisotopic (exact) mass is 297 g/mol. The smallest absolute Gasteiger partial charge is 0.232 e. The third-order valence-electron chi connectivity index (χ3n) is 4.52. The van der Waals surface area contributed by atoms with E-state index in [9.17, 15) is 0 Å². The molecule has 2 aliphatic rings. The Balaban J connectivity index is 1.79. The van der Waals surface area contributed by atoms with E-state index in [1.807, 2.05) is 11.8 Å². The van der Waals surface area contributed by atoms with Crippen LogP contribution in [0.2, 0.25) is 0 Å². The summed E-state index contributed by atoms with van der Waals surface area (Å²) in [5.41, 5.74) is -0.304. The number of methoxy groups -OCH3 is 1. The number of aromatic nitrogens is 2. The molecule has 2 atom stereocenters. The average Bonchev–Trinajstić information content (AvgIpc) is 3.19. The molecule has 1 saturated heterocycles. The van der Waals surface area contributed by atoms with E-state index < -0.39 is 0 Å². The number of thioether (sulfide) groups is 1. The quantitative estimate of drug-likeness (QED) is 0.900. The molecule has 0 aromatic carbocycles. The lowest BCUT2D eigenvalue weighted by atomic mass is 10.0. The van der Waals surface area contributed by atoms with Crippen LogP contribution in [0.4, 0.5) is 0 Å². The van der Waals surface area contributed by atoms with Crippen molar-refractivity contribution in [3.05, 3.63) is 11.7 Å². The summed E-state index contributed by atoms with van der Waals surface area (Å²) in [7, 11) is 1.76. The summed E-state index contributed by atoms with van der Waals surface area (Å²) >= 11 is 1.95. The fourth-order valence-corrected chi connectivity index (χ4v) is 4.67. The molecule has 0 radical (unpaired) electrons. The largest absolute Gasteiger partial charge is 0.370 e. The van der Waals surface area contributed by atoms with E-state index in [0.29, 0.717) is 12.0 Å². The molecule has 20 heavy (non-hydrogen) atoms. The van der Waals surface area contributed by atoms with Gasteiger partial charge in [-0.15, -0.1) is 0 Å². The van der Waals surface area contributed by atoms with Crippen LogP contribution < -0.4 is 5.32 Å². The average molecular weight is 297 g/mol. The Morgan fingerprint density at radius 1 is 1.40 bits per heavy atom. The van der Waals surface area contributed by atoms with Crippen LogP contribution in [-0.4, -0.2) is 41.3 Å². The molecule has 1 N–H and O–H groups in total. The molecule has 2 fully saturated rings. The SMILES string of the molecule is CCNC1CSCC1c1nc(C2(OC)CCCC2)no1. The Kier molecular flexibility index (Phi) is 4.33. The van der Waals surface area contributed by atoms with Crippen molar-refractivity contribution in [2.75, 3.05) is 25.2 Å². The third-order valence-corrected chi connectivity index (χ3v) is 5.70. The lowest BCUT2D eigenvalue weighted by Crippen LogP contribution is -2.34. The van der Waals surface area contributed by atoms with Crippen LogP contribution in [0.5, 0.6) is 0 Å². The van der Waals surface area contributed by atoms with Gasteiger partial charge in [-0.05, 0) is 32.2 Å². The molecule has 2 unspecified atom stereocenters. The molecule has 0 bridgehead atoms. The van der Waals surface area contributed by atoms with Crippen molar-refractivity contribution in [3.8, 4) is 0 Å². The summed E-state index contributed by atoms with van der Waals surface area (Å²) in [5.74, 6) is 4.03. The third kappa shape index (κ3) is 2.49. The van der Waals surface area contributed by atoms with E-state index in [2.05, 4.69) is 17.4 Å². The van der Waals surface area contributed by atoms with E-state index in [1.54, 1.807) is 7.11 Å². The molecule has 0 amide bonds. The van der Waals surface area contributed by atoms with Crippen LogP contribution in [0.3, 0.4) is 0 Å². The molecule has 6 heteroatoms. The minimum Gasteiger partial charge on any atom is -0.370 e. The Morgan fingerprint density at radius 3 is 2.90 bits per heavy atom. The topological polar surface area (TPSA) is 60.2 Å². The zero-order chi connectivity index (χ0) is 14.0. The van der Waals surface area contributed by atoms with Gasteiger partial charge in [-0.25, -0.2) is 0 Å². The zero-order valence-electron chi connectivity index (χ0n) is 12.2. The summed E-state index contributed by atoms with van der Waals surface area (Å²) in [6, 6.07) is 0.445. The predicted molar refractivity (Wildman–Crippen MR) is 79.0 cm³/mol. The first-order chi connectivity index (χ1) is 9.79. The second kappa shape index (κ2) is 6.03. The number of hydrogen-bond acceptors (Lipinski definition) is 6. The molecule has 112 valence electrons. The highest BCUT2D eigenvalue weighted by Gasteiger charge is 2.41. The molecular formula is C14H23N3O2S. The van der Waals surface area contributed by atoms with Crippen LogP contribution in [0.1, 0.15) is 50.2 Å². The van der Waals surface area contributed by atoms with E-state index >= 15 is 0 Å². The maximum Gasteiger partial charge on any atom is 0.232 e. The first kappa shape index (κ1) is 14.4. The van der Waals surface area contributed by atoms with Crippen LogP contribution in [0.15, 0.2) is 4.52 Å². The Bertz CT molecular complexity index is 445. The van der Waals surface area contributed by atoms with Gasteiger partial charge in [0.15, 0.2) is 0 Å². The maximum atomic E-state index is 5.73. The summed E-state index contributed by atoms with van der Waals surface area (Å²) in [6.45, 7) is 3.11. The number of ether oxygens (including phenoxy) is 1. The van der Waals surface area contributed by atoms with Gasteiger partial charge in [-0.2, -0.15) is 16.7 Å². The number of likely N-dealkylation sites (N-methyl/N-ethyl adjacent to an activating group) is 1. The predicted octanol–water partition coefficient (Wildman–Crippen LogP) is 2.29. The number of nitrogens with one attached hydrogen (secondary N) is 1. The number of hydrogen-bond donors (Lipinski definition) is 1. The van der Waals surface area contributed by atoms with Gasteiger partial charge in [0.05, 0.1) is 5.92 Å². The molecule has 5 nitrogen and oxygen atoms in total. The second-order valence-corrected chi connectivity index (χ2v) is 6.74. The molecule has 1 aliphatic heterocycles. The fourth-order valence-electron chi connectivity index (χ4n) is 3.30. The van der Waals surface area contributed by atoms with E-state index in [0.717, 1.165) is 42.6 Å². The van der Waals surface area contributed by atoms with Crippen LogP contribution in [0, 0.1) is 0 Å². The second-order valence-electron chi connectivity index (χ2n) is 5.67. The molecule has 1 aromatic heterocycles. The van der Waals surface area contributed by atoms with Crippen LogP contribution >= 0.6 is 11.8 Å². The highest BCUT2D eigenvalue weighted by molar-refractivity contribution is 7.99. The van der Waals surface area contributed by atoms with Crippen LogP contribution in [0.25, 0.3) is 0 Å². The molecular weight excluding hydrogens is 274 g/mol. The molecule has 1 saturated carbocycles. The summed E-state index contributed by atoms with van der Waals surface area (Å²) < 4.78 is 11.3. The molecule has 0 spiro atoms. The van der Waals surface area contributed by atoms with Crippen molar-refractivity contribution in [1.29, 1.82) is 0 Å². The molecule has 1 aromatic rings. The molecule has 2 heterocycles.